The average molecular weight is 398 g/mol. The van der Waals surface area contributed by atoms with Crippen molar-refractivity contribution in [1.82, 2.24) is 9.21 Å². The molecule has 3 aromatic rings. The molecule has 0 unspecified atom stereocenters. The normalized spacial score (nSPS) is 11.5. The zero-order chi connectivity index (χ0) is 20.0. The highest BCUT2D eigenvalue weighted by molar-refractivity contribution is 7.89. The van der Waals surface area contributed by atoms with Crippen molar-refractivity contribution < 1.29 is 17.6 Å². The highest BCUT2D eigenvalue weighted by Gasteiger charge is 2.25. The Balaban J connectivity index is 1.76. The summed E-state index contributed by atoms with van der Waals surface area (Å²) in [6.45, 7) is 0.365. The molecular formula is C21H22N2O4S. The molecule has 2 aromatic carbocycles. The van der Waals surface area contributed by atoms with Crippen LogP contribution in [0.4, 0.5) is 0 Å². The number of benzene rings is 2. The van der Waals surface area contributed by atoms with Gasteiger partial charge in [0.25, 0.3) is 0 Å². The molecule has 7 heteroatoms. The molecule has 1 amide bonds. The lowest BCUT2D eigenvalue weighted by atomic mass is 10.2. The van der Waals surface area contributed by atoms with Crippen molar-refractivity contribution in [1.29, 1.82) is 0 Å². The predicted octanol–water partition coefficient (Wildman–Crippen LogP) is 3.13. The van der Waals surface area contributed by atoms with E-state index < -0.39 is 10.0 Å². The van der Waals surface area contributed by atoms with Gasteiger partial charge in [0.15, 0.2) is 0 Å². The number of amides is 1. The zero-order valence-electron chi connectivity index (χ0n) is 15.6. The van der Waals surface area contributed by atoms with Gasteiger partial charge in [-0.3, -0.25) is 4.79 Å². The molecule has 3 rings (SSSR count). The van der Waals surface area contributed by atoms with Crippen LogP contribution in [-0.4, -0.2) is 37.1 Å². The van der Waals surface area contributed by atoms with Crippen molar-refractivity contribution in [3.8, 4) is 0 Å². The van der Waals surface area contributed by atoms with Crippen molar-refractivity contribution in [2.45, 2.75) is 18.0 Å². The van der Waals surface area contributed by atoms with E-state index in [0.29, 0.717) is 12.3 Å². The fourth-order valence-electron chi connectivity index (χ4n) is 2.77. The van der Waals surface area contributed by atoms with Crippen LogP contribution < -0.4 is 0 Å². The highest BCUT2D eigenvalue weighted by Crippen LogP contribution is 2.15. The molecule has 28 heavy (non-hydrogen) atoms. The molecule has 6 nitrogen and oxygen atoms in total. The smallest absolute Gasteiger partial charge is 0.243 e. The summed E-state index contributed by atoms with van der Waals surface area (Å²) in [6, 6.07) is 21.2. The first kappa shape index (κ1) is 19.9. The van der Waals surface area contributed by atoms with Gasteiger partial charge < -0.3 is 9.32 Å². The molecule has 0 saturated heterocycles. The molecule has 146 valence electrons. The SMILES string of the molecule is CN(CC(=O)N(Cc1ccccc1)Cc1ccco1)S(=O)(=O)c1ccccc1. The van der Waals surface area contributed by atoms with E-state index in [0.717, 1.165) is 9.87 Å². The minimum Gasteiger partial charge on any atom is -0.467 e. The third-order valence-corrected chi connectivity index (χ3v) is 6.12. The van der Waals surface area contributed by atoms with Gasteiger partial charge in [0.1, 0.15) is 5.76 Å². The topological polar surface area (TPSA) is 70.8 Å². The molecule has 0 spiro atoms. The number of hydrogen-bond acceptors (Lipinski definition) is 4. The molecule has 0 aliphatic heterocycles. The Morgan fingerprint density at radius 3 is 2.14 bits per heavy atom. The van der Waals surface area contributed by atoms with Crippen LogP contribution in [0.3, 0.4) is 0 Å². The van der Waals surface area contributed by atoms with Gasteiger partial charge in [-0.1, -0.05) is 48.5 Å². The number of furan rings is 1. The maximum atomic E-state index is 12.9. The summed E-state index contributed by atoms with van der Waals surface area (Å²) in [6.07, 6.45) is 1.55. The maximum absolute atomic E-state index is 12.9. The quantitative estimate of drug-likeness (QED) is 0.585. The Hall–Kier alpha value is -2.90. The summed E-state index contributed by atoms with van der Waals surface area (Å²) in [4.78, 5) is 14.7. The molecule has 0 aliphatic carbocycles. The van der Waals surface area contributed by atoms with E-state index in [1.807, 2.05) is 30.3 Å². The van der Waals surface area contributed by atoms with Gasteiger partial charge in [-0.15, -0.1) is 0 Å². The van der Waals surface area contributed by atoms with Gasteiger partial charge in [-0.2, -0.15) is 4.31 Å². The van der Waals surface area contributed by atoms with E-state index in [2.05, 4.69) is 0 Å². The lowest BCUT2D eigenvalue weighted by Crippen LogP contribution is -2.40. The van der Waals surface area contributed by atoms with E-state index in [1.54, 1.807) is 41.5 Å². The molecule has 0 bridgehead atoms. The van der Waals surface area contributed by atoms with Crippen LogP contribution in [0.1, 0.15) is 11.3 Å². The molecule has 0 atom stereocenters. The largest absolute Gasteiger partial charge is 0.467 e. The molecule has 0 radical (unpaired) electrons. The van der Waals surface area contributed by atoms with Crippen LogP contribution >= 0.6 is 0 Å². The van der Waals surface area contributed by atoms with Gasteiger partial charge in [-0.25, -0.2) is 8.42 Å². The minimum absolute atomic E-state index is 0.158. The van der Waals surface area contributed by atoms with Crippen molar-refractivity contribution in [2.24, 2.45) is 0 Å². The van der Waals surface area contributed by atoms with Crippen LogP contribution in [-0.2, 0) is 27.9 Å². The predicted molar refractivity (Wildman–Crippen MR) is 106 cm³/mol. The zero-order valence-corrected chi connectivity index (χ0v) is 16.4. The summed E-state index contributed by atoms with van der Waals surface area (Å²) in [5.74, 6) is 0.333. The first-order valence-electron chi connectivity index (χ1n) is 8.82. The number of rotatable bonds is 8. The van der Waals surface area contributed by atoms with Crippen LogP contribution in [0.2, 0.25) is 0 Å². The minimum atomic E-state index is -3.74. The molecule has 0 fully saturated rings. The van der Waals surface area contributed by atoms with E-state index in [1.165, 1.54) is 19.2 Å². The number of sulfonamides is 1. The summed E-state index contributed by atoms with van der Waals surface area (Å²) < 4.78 is 31.8. The number of likely N-dealkylation sites (N-methyl/N-ethyl adjacent to an activating group) is 1. The Labute approximate surface area is 165 Å². The van der Waals surface area contributed by atoms with E-state index in [-0.39, 0.29) is 23.9 Å². The summed E-state index contributed by atoms with van der Waals surface area (Å²) in [7, 11) is -2.33. The van der Waals surface area contributed by atoms with Crippen molar-refractivity contribution in [2.75, 3.05) is 13.6 Å². The lowest BCUT2D eigenvalue weighted by molar-refractivity contribution is -0.132. The van der Waals surface area contributed by atoms with Crippen LogP contribution in [0.5, 0.6) is 0 Å². The molecule has 1 aromatic heterocycles. The van der Waals surface area contributed by atoms with Gasteiger partial charge in [0, 0.05) is 13.6 Å². The number of carbonyl (C=O) groups is 1. The average Bonchev–Trinajstić information content (AvgIpc) is 3.22. The fraction of sp³-hybridized carbons (Fsp3) is 0.190. The van der Waals surface area contributed by atoms with Gasteiger partial charge in [-0.05, 0) is 29.8 Å². The Morgan fingerprint density at radius 2 is 1.54 bits per heavy atom. The monoisotopic (exact) mass is 398 g/mol. The van der Waals surface area contributed by atoms with Crippen LogP contribution in [0.15, 0.2) is 88.4 Å². The van der Waals surface area contributed by atoms with Crippen LogP contribution in [0, 0.1) is 0 Å². The van der Waals surface area contributed by atoms with Crippen molar-refractivity contribution in [3.63, 3.8) is 0 Å². The van der Waals surface area contributed by atoms with Crippen LogP contribution in [0.25, 0.3) is 0 Å². The maximum Gasteiger partial charge on any atom is 0.243 e. The summed E-state index contributed by atoms with van der Waals surface area (Å²) in [5, 5.41) is 0. The van der Waals surface area contributed by atoms with Gasteiger partial charge in [0.05, 0.1) is 24.2 Å². The van der Waals surface area contributed by atoms with Gasteiger partial charge in [0.2, 0.25) is 15.9 Å². The highest BCUT2D eigenvalue weighted by atomic mass is 32.2. The summed E-state index contributed by atoms with van der Waals surface area (Å²) >= 11 is 0. The van der Waals surface area contributed by atoms with Gasteiger partial charge >= 0.3 is 0 Å². The first-order valence-corrected chi connectivity index (χ1v) is 10.3. The second-order valence-corrected chi connectivity index (χ2v) is 8.43. The number of hydrogen-bond donors (Lipinski definition) is 0. The lowest BCUT2D eigenvalue weighted by Gasteiger charge is -2.25. The molecular weight excluding hydrogens is 376 g/mol. The van der Waals surface area contributed by atoms with Crippen molar-refractivity contribution >= 4 is 15.9 Å². The van der Waals surface area contributed by atoms with E-state index >= 15 is 0 Å². The Bertz CT molecular complexity index is 987. The second-order valence-electron chi connectivity index (χ2n) is 6.39. The molecule has 0 saturated carbocycles. The fourth-order valence-corrected chi connectivity index (χ4v) is 3.92. The Kier molecular flexibility index (Phi) is 6.28. The van der Waals surface area contributed by atoms with Crippen molar-refractivity contribution in [3.05, 3.63) is 90.4 Å². The standard InChI is InChI=1S/C21H22N2O4S/c1-22(28(25,26)20-12-6-3-7-13-20)17-21(24)23(16-19-11-8-14-27-19)15-18-9-4-2-5-10-18/h2-14H,15-17H2,1H3. The van der Waals surface area contributed by atoms with E-state index in [4.69, 9.17) is 4.42 Å². The Morgan fingerprint density at radius 1 is 0.893 bits per heavy atom. The third-order valence-electron chi connectivity index (χ3n) is 4.31. The van der Waals surface area contributed by atoms with E-state index in [9.17, 15) is 13.2 Å². The second kappa shape index (κ2) is 8.86. The number of nitrogens with zero attached hydrogens (tertiary/aromatic N) is 2. The molecule has 1 heterocycles. The number of carbonyl (C=O) groups excluding carboxylic acids is 1. The summed E-state index contributed by atoms with van der Waals surface area (Å²) in [5.41, 5.74) is 0.955. The third kappa shape index (κ3) is 4.88. The molecule has 0 aliphatic rings. The molecule has 0 N–H and O–H groups in total. The first-order chi connectivity index (χ1) is 13.5.